The predicted molar refractivity (Wildman–Crippen MR) is 77.6 cm³/mol. The molecule has 0 saturated heterocycles. The van der Waals surface area contributed by atoms with Gasteiger partial charge in [0.15, 0.2) is 12.3 Å². The van der Waals surface area contributed by atoms with Gasteiger partial charge in [0, 0.05) is 17.2 Å². The zero-order valence-corrected chi connectivity index (χ0v) is 11.5. The van der Waals surface area contributed by atoms with E-state index in [1.807, 2.05) is 24.3 Å². The number of rotatable bonds is 3. The summed E-state index contributed by atoms with van der Waals surface area (Å²) in [7, 11) is 0. The fourth-order valence-corrected chi connectivity index (χ4v) is 3.07. The molecule has 0 fully saturated rings. The third-order valence-corrected chi connectivity index (χ3v) is 4.12. The lowest BCUT2D eigenvalue weighted by Gasteiger charge is -1.97. The summed E-state index contributed by atoms with van der Waals surface area (Å²) in [5, 5.41) is 0. The average molecular weight is 268 g/mol. The molecule has 0 aliphatic carbocycles. The van der Waals surface area contributed by atoms with Gasteiger partial charge >= 0.3 is 0 Å². The fraction of sp³-hybridized carbons (Fsp3) is 0.125. The van der Waals surface area contributed by atoms with E-state index in [9.17, 15) is 4.79 Å². The van der Waals surface area contributed by atoms with E-state index in [-0.39, 0.29) is 5.78 Å². The van der Waals surface area contributed by atoms with Crippen LogP contribution in [-0.2, 0) is 6.54 Å². The lowest BCUT2D eigenvalue weighted by molar-refractivity contribution is -0.658. The molecule has 94 valence electrons. The number of benzene rings is 2. The lowest BCUT2D eigenvalue weighted by Crippen LogP contribution is -2.31. The van der Waals surface area contributed by atoms with Gasteiger partial charge in [-0.15, -0.1) is 0 Å². The van der Waals surface area contributed by atoms with Crippen molar-refractivity contribution in [1.29, 1.82) is 0 Å². The molecule has 0 aliphatic heterocycles. The molecule has 0 spiro atoms. The van der Waals surface area contributed by atoms with Crippen LogP contribution >= 0.6 is 11.3 Å². The highest BCUT2D eigenvalue weighted by Gasteiger charge is 2.13. The second-order valence-corrected chi connectivity index (χ2v) is 5.46. The quantitative estimate of drug-likeness (QED) is 0.526. The average Bonchev–Trinajstić information content (AvgIpc) is 2.82. The topological polar surface area (TPSA) is 20.9 Å². The molecule has 19 heavy (non-hydrogen) atoms. The van der Waals surface area contributed by atoms with E-state index >= 15 is 0 Å². The largest absolute Gasteiger partial charge is 0.295 e. The van der Waals surface area contributed by atoms with Gasteiger partial charge in [-0.1, -0.05) is 41.7 Å². The van der Waals surface area contributed by atoms with Gasteiger partial charge in [-0.2, -0.15) is 4.57 Å². The number of hydrogen-bond acceptors (Lipinski definition) is 2. The maximum absolute atomic E-state index is 11.4. The maximum atomic E-state index is 11.4. The summed E-state index contributed by atoms with van der Waals surface area (Å²) in [6.45, 7) is 2.47. The summed E-state index contributed by atoms with van der Waals surface area (Å²) in [5.41, 5.74) is 5.35. The van der Waals surface area contributed by atoms with E-state index in [0.29, 0.717) is 0 Å². The first-order valence-corrected chi connectivity index (χ1v) is 7.07. The molecular formula is C16H14NOS+. The van der Waals surface area contributed by atoms with Crippen molar-refractivity contribution in [2.45, 2.75) is 13.5 Å². The number of carbonyl (C=O) groups is 1. The second kappa shape index (κ2) is 4.94. The highest BCUT2D eigenvalue weighted by molar-refractivity contribution is 7.16. The minimum Gasteiger partial charge on any atom is -0.295 e. The first-order valence-electron chi connectivity index (χ1n) is 6.19. The molecule has 1 aromatic heterocycles. The first-order chi connectivity index (χ1) is 9.24. The van der Waals surface area contributed by atoms with Crippen molar-refractivity contribution < 1.29 is 9.36 Å². The summed E-state index contributed by atoms with van der Waals surface area (Å²) in [6.07, 6.45) is 0. The molecule has 0 N–H and O–H groups in total. The molecular weight excluding hydrogens is 254 g/mol. The van der Waals surface area contributed by atoms with Crippen LogP contribution in [0, 0.1) is 0 Å². The van der Waals surface area contributed by atoms with Gasteiger partial charge < -0.3 is 0 Å². The Labute approximate surface area is 115 Å². The van der Waals surface area contributed by atoms with Crippen LogP contribution in [0.4, 0.5) is 0 Å². The molecule has 2 nitrogen and oxygen atoms in total. The highest BCUT2D eigenvalue weighted by Crippen LogP contribution is 2.19. The molecule has 0 unspecified atom stereocenters. The van der Waals surface area contributed by atoms with E-state index in [4.69, 9.17) is 0 Å². The molecule has 3 heteroatoms. The minimum atomic E-state index is 0.116. The predicted octanol–water partition coefficient (Wildman–Crippen LogP) is 3.44. The van der Waals surface area contributed by atoms with Gasteiger partial charge in [-0.3, -0.25) is 4.79 Å². The summed E-state index contributed by atoms with van der Waals surface area (Å²) < 4.78 is 3.38. The van der Waals surface area contributed by atoms with Crippen molar-refractivity contribution in [2.75, 3.05) is 0 Å². The fourth-order valence-electron chi connectivity index (χ4n) is 2.14. The number of ketones is 1. The van der Waals surface area contributed by atoms with Crippen molar-refractivity contribution in [3.05, 3.63) is 65.2 Å². The Kier molecular flexibility index (Phi) is 3.13. The van der Waals surface area contributed by atoms with Gasteiger partial charge in [0.05, 0.1) is 0 Å². The van der Waals surface area contributed by atoms with Gasteiger partial charge in [0.2, 0.25) is 11.0 Å². The molecule has 0 radical (unpaired) electrons. The molecule has 3 rings (SSSR count). The van der Waals surface area contributed by atoms with Crippen LogP contribution in [0.15, 0.2) is 54.0 Å². The summed E-state index contributed by atoms with van der Waals surface area (Å²) >= 11 is 1.68. The van der Waals surface area contributed by atoms with Crippen LogP contribution in [0.1, 0.15) is 22.8 Å². The molecule has 3 aromatic rings. The van der Waals surface area contributed by atoms with E-state index in [0.717, 1.165) is 16.8 Å². The van der Waals surface area contributed by atoms with Crippen LogP contribution in [-0.4, -0.2) is 5.78 Å². The molecule has 1 heterocycles. The molecule has 0 bridgehead atoms. The number of Topliss-reactive ketones (excluding diaryl/α,β-unsaturated/α-hetero) is 1. The Balaban J connectivity index is 1.99. The third-order valence-electron chi connectivity index (χ3n) is 3.18. The zero-order chi connectivity index (χ0) is 13.2. The Morgan fingerprint density at radius 3 is 2.68 bits per heavy atom. The molecule has 0 saturated carbocycles. The van der Waals surface area contributed by atoms with E-state index in [2.05, 4.69) is 34.3 Å². The Morgan fingerprint density at radius 1 is 1.16 bits per heavy atom. The van der Waals surface area contributed by atoms with Crippen molar-refractivity contribution in [2.24, 2.45) is 0 Å². The number of nitrogens with zero attached hydrogens (tertiary/aromatic N) is 1. The van der Waals surface area contributed by atoms with Crippen molar-refractivity contribution in [3.63, 3.8) is 0 Å². The van der Waals surface area contributed by atoms with E-state index < -0.39 is 0 Å². The monoisotopic (exact) mass is 268 g/mol. The van der Waals surface area contributed by atoms with E-state index in [1.54, 1.807) is 18.3 Å². The summed E-state index contributed by atoms with van der Waals surface area (Å²) in [4.78, 5) is 11.4. The second-order valence-electron chi connectivity index (χ2n) is 4.58. The Hall–Kier alpha value is -2.00. The summed E-state index contributed by atoms with van der Waals surface area (Å²) in [5.74, 6) is 0.116. The van der Waals surface area contributed by atoms with Crippen molar-refractivity contribution in [1.82, 2.24) is 0 Å². The molecule has 0 aliphatic rings. The SMILES string of the molecule is CC(=O)c1ccc2c(c1)sc[n+]2Cc1ccccc1. The van der Waals surface area contributed by atoms with Crippen LogP contribution in [0.25, 0.3) is 10.2 Å². The molecule has 0 atom stereocenters. The highest BCUT2D eigenvalue weighted by atomic mass is 32.1. The van der Waals surface area contributed by atoms with Gasteiger partial charge in [0.25, 0.3) is 0 Å². The minimum absolute atomic E-state index is 0.116. The number of hydrogen-bond donors (Lipinski definition) is 0. The first kappa shape index (κ1) is 12.1. The normalized spacial score (nSPS) is 10.8. The van der Waals surface area contributed by atoms with Crippen LogP contribution in [0.5, 0.6) is 0 Å². The van der Waals surface area contributed by atoms with Gasteiger partial charge in [-0.25, -0.2) is 0 Å². The van der Waals surface area contributed by atoms with Crippen molar-refractivity contribution in [3.8, 4) is 0 Å². The van der Waals surface area contributed by atoms with E-state index in [1.165, 1.54) is 11.1 Å². The number of carbonyl (C=O) groups excluding carboxylic acids is 1. The maximum Gasteiger partial charge on any atom is 0.226 e. The Morgan fingerprint density at radius 2 is 1.95 bits per heavy atom. The molecule has 0 amide bonds. The van der Waals surface area contributed by atoms with Gasteiger partial charge in [0.1, 0.15) is 4.70 Å². The number of thiazole rings is 1. The third kappa shape index (κ3) is 2.42. The zero-order valence-electron chi connectivity index (χ0n) is 10.7. The Bertz CT molecular complexity index is 731. The van der Waals surface area contributed by atoms with Crippen LogP contribution in [0.2, 0.25) is 0 Å². The number of fused-ring (bicyclic) bond motifs is 1. The number of aromatic nitrogens is 1. The molecule has 2 aromatic carbocycles. The van der Waals surface area contributed by atoms with Crippen LogP contribution in [0.3, 0.4) is 0 Å². The summed E-state index contributed by atoms with van der Waals surface area (Å²) in [6, 6.07) is 16.3. The smallest absolute Gasteiger partial charge is 0.226 e. The van der Waals surface area contributed by atoms with Crippen LogP contribution < -0.4 is 4.57 Å². The lowest BCUT2D eigenvalue weighted by atomic mass is 10.1. The van der Waals surface area contributed by atoms with Crippen molar-refractivity contribution >= 4 is 27.3 Å². The standard InChI is InChI=1S/C16H14NOS/c1-12(18)14-7-8-15-16(9-14)19-11-17(15)10-13-5-3-2-4-6-13/h2-9,11H,10H2,1H3/q+1. The van der Waals surface area contributed by atoms with Gasteiger partial charge in [-0.05, 0) is 19.1 Å².